The highest BCUT2D eigenvalue weighted by Gasteiger charge is 2.64. The van der Waals surface area contributed by atoms with Gasteiger partial charge in [0, 0.05) is 73.1 Å². The number of benzene rings is 15. The Kier molecular flexibility index (Phi) is 26.3. The first-order valence-electron chi connectivity index (χ1n) is 45.1. The van der Waals surface area contributed by atoms with Crippen LogP contribution in [0.2, 0.25) is 0 Å². The van der Waals surface area contributed by atoms with Crippen LogP contribution in [0.25, 0.3) is 150 Å². The van der Waals surface area contributed by atoms with E-state index >= 15 is 0 Å². The Morgan fingerprint density at radius 3 is 0.841 bits per heavy atom. The second kappa shape index (κ2) is 37.3. The predicted octanol–water partition coefficient (Wildman–Crippen LogP) is 32.2. The minimum Gasteiger partial charge on any atom is -0.405 e. The van der Waals surface area contributed by atoms with Crippen LogP contribution in [0.15, 0.2) is 355 Å². The summed E-state index contributed by atoms with van der Waals surface area (Å²) in [4.78, 5) is 0. The molecule has 7 heterocycles. The molecule has 3 aromatic heterocycles. The standard InChI is InChI=1S/C36H31BO2S.C30H19BrS.C18H19BO2S.C18H12BrI.C12H24B2O4/c1-35(2)36(3,4)39-37(38-35)29-13-8-12-28(23-29)27-11-7-10-26(22-27)24-18-20-25(21-19-24)30-15-9-16-32-31-14-5-6-17-33(31)40-34(30)32;31-25-9-4-8-24(19-25)23-7-3-6-22(18-23)20-14-16-21(17-15-20)26-11-5-12-28-27-10-1-2-13-29(27)32-30(26)28;1-17(2)18(3,4)21-19(20-17)14-10-7-9-13-12-8-5-6-11-15(12)22-16(13)14;19-17-6-2-5-16(12-17)15-4-1-3-14(11-15)13-7-9-18(20)10-8-13;1-9(2)10(3,4)16-13(15-9)14-17-11(5,6)12(7,8)18-14/h5-23H,1-4H3;1-19H;5-11H,1-4H3;1-12H;1-8H3. The minimum absolute atomic E-state index is 0.304. The monoisotopic (exact) mass is 2030 g/mol. The van der Waals surface area contributed by atoms with Crippen molar-refractivity contribution >= 4 is 188 Å². The third-order valence-corrected chi connectivity index (χ3v) is 32.8. The SMILES string of the molecule is Brc1cccc(-c2cccc(-c3ccc(-c4cccc5c4sc4ccccc45)cc3)c2)c1.Brc1cccc(-c2cccc(-c3ccc(I)cc3)c2)c1.CC1(C)OB(B2OC(C)(C)C(C)(C)O2)OC1(C)C.CC1(C)OB(c2cccc(-c3cccc(-c4ccc(-c5cccc6c5sc5ccccc56)cc4)c3)c2)OC1(C)C.CC1(C)OB(c2cccc3c2sc2ccccc23)OC1(C)C. The van der Waals surface area contributed by atoms with Crippen molar-refractivity contribution in [3.63, 3.8) is 0 Å². The molecule has 4 fully saturated rings. The van der Waals surface area contributed by atoms with E-state index < -0.39 is 14.0 Å². The Balaban J connectivity index is 0.000000115. The highest BCUT2D eigenvalue weighted by molar-refractivity contribution is 14.1. The Bertz CT molecular complexity index is 7190. The zero-order valence-electron chi connectivity index (χ0n) is 77.3. The van der Waals surface area contributed by atoms with Gasteiger partial charge in [-0.1, -0.05) is 305 Å². The Hall–Kier alpha value is -9.41. The molecule has 22 rings (SSSR count). The number of halogens is 3. The molecule has 0 spiro atoms. The summed E-state index contributed by atoms with van der Waals surface area (Å²) < 4.78 is 60.4. The van der Waals surface area contributed by atoms with Gasteiger partial charge in [-0.25, -0.2) is 0 Å². The molecule has 0 bridgehead atoms. The van der Waals surface area contributed by atoms with Gasteiger partial charge in [-0.2, -0.15) is 0 Å². The first-order chi connectivity index (χ1) is 63.0. The summed E-state index contributed by atoms with van der Waals surface area (Å²) in [7, 11) is -1.63. The molecule has 4 aliphatic rings. The Morgan fingerprint density at radius 2 is 0.477 bits per heavy atom. The molecule has 18 aromatic rings. The quantitative estimate of drug-likeness (QED) is 0.0937. The highest BCUT2D eigenvalue weighted by atomic mass is 127. The summed E-state index contributed by atoms with van der Waals surface area (Å²) in [6.07, 6.45) is 0. The maximum atomic E-state index is 6.30. The van der Waals surface area contributed by atoms with Gasteiger partial charge in [-0.05, 0) is 306 Å². The van der Waals surface area contributed by atoms with Gasteiger partial charge >= 0.3 is 28.3 Å². The van der Waals surface area contributed by atoms with Crippen molar-refractivity contribution in [1.29, 1.82) is 0 Å². The number of hydrogen-bond donors (Lipinski definition) is 0. The van der Waals surface area contributed by atoms with Gasteiger partial charge in [0.2, 0.25) is 0 Å². The van der Waals surface area contributed by atoms with Gasteiger partial charge in [-0.15, -0.1) is 34.0 Å². The van der Waals surface area contributed by atoms with Crippen molar-refractivity contribution in [3.8, 4) is 89.0 Å². The molecule has 8 nitrogen and oxygen atoms in total. The third-order valence-electron chi connectivity index (χ3n) is 27.4. The average Bonchev–Trinajstić information content (AvgIpc) is 1.61. The van der Waals surface area contributed by atoms with Gasteiger partial charge in [0.15, 0.2) is 0 Å². The molecule has 0 radical (unpaired) electrons. The summed E-state index contributed by atoms with van der Waals surface area (Å²) in [6, 6.07) is 124. The number of fused-ring (bicyclic) bond motifs is 9. The fourth-order valence-electron chi connectivity index (χ4n) is 17.0. The lowest BCUT2D eigenvalue weighted by Gasteiger charge is -2.32. The van der Waals surface area contributed by atoms with Crippen LogP contribution in [0.1, 0.15) is 111 Å². The fraction of sp³-hybridized carbons (Fsp3) is 0.211. The lowest BCUT2D eigenvalue weighted by Crippen LogP contribution is -2.41. The van der Waals surface area contributed by atoms with Crippen molar-refractivity contribution < 1.29 is 37.2 Å². The van der Waals surface area contributed by atoms with Gasteiger partial charge in [0.25, 0.3) is 0 Å². The van der Waals surface area contributed by atoms with Crippen molar-refractivity contribution in [2.45, 2.75) is 156 Å². The van der Waals surface area contributed by atoms with Crippen LogP contribution in [0.3, 0.4) is 0 Å². The number of hydrogen-bond acceptors (Lipinski definition) is 11. The molecule has 15 aromatic carbocycles. The molecule has 0 saturated carbocycles. The number of rotatable bonds is 11. The van der Waals surface area contributed by atoms with Crippen LogP contribution < -0.4 is 10.9 Å². The molecule has 18 heteroatoms. The predicted molar refractivity (Wildman–Crippen MR) is 580 cm³/mol. The van der Waals surface area contributed by atoms with Crippen molar-refractivity contribution in [1.82, 2.24) is 0 Å². The van der Waals surface area contributed by atoms with E-state index in [2.05, 4.69) is 450 Å². The van der Waals surface area contributed by atoms with Crippen LogP contribution in [-0.2, 0) is 37.2 Å². The summed E-state index contributed by atoms with van der Waals surface area (Å²) in [5.74, 6) is 0. The molecule has 0 N–H and O–H groups in total. The zero-order chi connectivity index (χ0) is 92.4. The van der Waals surface area contributed by atoms with Gasteiger partial charge in [0.05, 0.1) is 44.8 Å². The molecule has 0 unspecified atom stereocenters. The molecule has 660 valence electrons. The van der Waals surface area contributed by atoms with Gasteiger partial charge in [-0.3, -0.25) is 0 Å². The van der Waals surface area contributed by atoms with Gasteiger partial charge in [0.1, 0.15) is 0 Å². The molecule has 0 atom stereocenters. The molecule has 0 aliphatic carbocycles. The Morgan fingerprint density at radius 1 is 0.220 bits per heavy atom. The second-order valence-corrected chi connectivity index (χ2v) is 44.6. The first kappa shape index (κ1) is 93.0. The van der Waals surface area contributed by atoms with E-state index in [-0.39, 0.29) is 59.0 Å². The van der Waals surface area contributed by atoms with Crippen LogP contribution in [-0.4, -0.2) is 73.1 Å². The lowest BCUT2D eigenvalue weighted by atomic mass is 9.49. The van der Waals surface area contributed by atoms with E-state index in [0.717, 1.165) is 25.4 Å². The fourth-order valence-corrected chi connectivity index (χ4v) is 21.9. The molecule has 132 heavy (non-hydrogen) atoms. The molecule has 0 amide bonds. The topological polar surface area (TPSA) is 73.8 Å². The van der Waals surface area contributed by atoms with E-state index in [9.17, 15) is 0 Å². The summed E-state index contributed by atoms with van der Waals surface area (Å²) in [5.41, 5.74) is 19.1. The second-order valence-electron chi connectivity index (χ2n) is 38.4. The summed E-state index contributed by atoms with van der Waals surface area (Å²) in [6.45, 7) is 33.0. The zero-order valence-corrected chi connectivity index (χ0v) is 85.1. The third kappa shape index (κ3) is 19.2. The van der Waals surface area contributed by atoms with Crippen LogP contribution in [0.5, 0.6) is 0 Å². The highest BCUT2D eigenvalue weighted by Crippen LogP contribution is 2.48. The van der Waals surface area contributed by atoms with Crippen LogP contribution in [0, 0.1) is 3.57 Å². The van der Waals surface area contributed by atoms with E-state index in [1.807, 2.05) is 95.5 Å². The molecular formula is C114H105B4Br2IO8S3. The molecule has 4 aliphatic heterocycles. The lowest BCUT2D eigenvalue weighted by molar-refractivity contribution is 0.00578. The van der Waals surface area contributed by atoms with Crippen molar-refractivity contribution in [2.24, 2.45) is 0 Å². The summed E-state index contributed by atoms with van der Waals surface area (Å²) in [5, 5.41) is 7.94. The van der Waals surface area contributed by atoms with E-state index in [1.165, 1.54) is 148 Å². The largest absolute Gasteiger partial charge is 0.496 e. The van der Waals surface area contributed by atoms with E-state index in [4.69, 9.17) is 37.2 Å². The van der Waals surface area contributed by atoms with Crippen molar-refractivity contribution in [2.75, 3.05) is 0 Å². The minimum atomic E-state index is -0.476. The van der Waals surface area contributed by atoms with E-state index in [0.29, 0.717) is 0 Å². The first-order valence-corrected chi connectivity index (χ1v) is 50.2. The van der Waals surface area contributed by atoms with Gasteiger partial charge < -0.3 is 37.2 Å². The maximum Gasteiger partial charge on any atom is 0.496 e. The van der Waals surface area contributed by atoms with Crippen LogP contribution >= 0.6 is 88.5 Å². The Labute approximate surface area is 820 Å². The van der Waals surface area contributed by atoms with Crippen LogP contribution in [0.4, 0.5) is 0 Å². The number of thiophene rings is 3. The summed E-state index contributed by atoms with van der Waals surface area (Å²) >= 11 is 15.0. The van der Waals surface area contributed by atoms with E-state index in [1.54, 1.807) is 0 Å². The molecular weight excluding hydrogens is 1920 g/mol. The van der Waals surface area contributed by atoms with Crippen molar-refractivity contribution in [3.05, 3.63) is 358 Å². The maximum absolute atomic E-state index is 6.30. The molecule has 4 saturated heterocycles. The normalized spacial score (nSPS) is 16.9. The average molecular weight is 2030 g/mol. The smallest absolute Gasteiger partial charge is 0.405 e.